The number of carboxylic acids is 1. The quantitative estimate of drug-likeness (QED) is 0.781. The van der Waals surface area contributed by atoms with Crippen LogP contribution in [0.3, 0.4) is 0 Å². The molecule has 0 radical (unpaired) electrons. The van der Waals surface area contributed by atoms with Crippen molar-refractivity contribution in [1.29, 1.82) is 0 Å². The molecule has 7 heteroatoms. The van der Waals surface area contributed by atoms with E-state index in [1.165, 1.54) is 6.08 Å². The summed E-state index contributed by atoms with van der Waals surface area (Å²) in [4.78, 5) is 11.2. The Morgan fingerprint density at radius 3 is 2.75 bits per heavy atom. The monoisotopic (exact) mass is 261 g/mol. The van der Waals surface area contributed by atoms with Crippen molar-refractivity contribution in [2.45, 2.75) is 11.8 Å². The molecule has 88 valence electrons. The second kappa shape index (κ2) is 4.77. The number of aromatic carboxylic acids is 1. The van der Waals surface area contributed by atoms with Crippen LogP contribution < -0.4 is 4.72 Å². The maximum Gasteiger partial charge on any atom is 0.345 e. The summed E-state index contributed by atoms with van der Waals surface area (Å²) < 4.78 is 25.7. The van der Waals surface area contributed by atoms with E-state index in [2.05, 4.69) is 11.3 Å². The molecular weight excluding hydrogens is 250 g/mol. The molecule has 0 saturated heterocycles. The number of rotatable bonds is 5. The fourth-order valence-corrected chi connectivity index (χ4v) is 3.51. The number of carboxylic acid groups (broad SMARTS) is 1. The number of nitrogens with one attached hydrogen (secondary N) is 1. The van der Waals surface area contributed by atoms with Crippen molar-refractivity contribution in [1.82, 2.24) is 4.72 Å². The van der Waals surface area contributed by atoms with Gasteiger partial charge >= 0.3 is 5.97 Å². The summed E-state index contributed by atoms with van der Waals surface area (Å²) in [5.41, 5.74) is 0. The lowest BCUT2D eigenvalue weighted by Gasteiger charge is -2.02. The molecule has 1 rings (SSSR count). The summed E-state index contributed by atoms with van der Waals surface area (Å²) in [7, 11) is -3.64. The molecule has 2 N–H and O–H groups in total. The van der Waals surface area contributed by atoms with Gasteiger partial charge in [-0.15, -0.1) is 17.9 Å². The van der Waals surface area contributed by atoms with Gasteiger partial charge in [0.25, 0.3) is 0 Å². The van der Waals surface area contributed by atoms with Gasteiger partial charge < -0.3 is 5.11 Å². The Kier molecular flexibility index (Phi) is 3.84. The van der Waals surface area contributed by atoms with E-state index in [-0.39, 0.29) is 16.3 Å². The van der Waals surface area contributed by atoms with Crippen molar-refractivity contribution in [3.63, 3.8) is 0 Å². The summed E-state index contributed by atoms with van der Waals surface area (Å²) in [6.45, 7) is 5.07. The molecule has 0 aliphatic carbocycles. The minimum absolute atomic E-state index is 0.0106. The Morgan fingerprint density at radius 1 is 1.69 bits per heavy atom. The molecule has 0 bridgehead atoms. The lowest BCUT2D eigenvalue weighted by Crippen LogP contribution is -2.23. The number of hydrogen-bond donors (Lipinski definition) is 2. The fourth-order valence-electron chi connectivity index (χ4n) is 1.08. The van der Waals surface area contributed by atoms with E-state index >= 15 is 0 Å². The van der Waals surface area contributed by atoms with Crippen LogP contribution in [0.4, 0.5) is 0 Å². The van der Waals surface area contributed by atoms with E-state index in [9.17, 15) is 13.2 Å². The predicted octanol–water partition coefficient (Wildman–Crippen LogP) is 1.22. The molecule has 0 unspecified atom stereocenters. The van der Waals surface area contributed by atoms with E-state index in [1.807, 2.05) is 0 Å². The average molecular weight is 261 g/mol. The van der Waals surface area contributed by atoms with Crippen molar-refractivity contribution in [3.05, 3.63) is 28.5 Å². The van der Waals surface area contributed by atoms with Crippen LogP contribution in [0.5, 0.6) is 0 Å². The van der Waals surface area contributed by atoms with Crippen LogP contribution in [-0.4, -0.2) is 26.0 Å². The summed E-state index contributed by atoms with van der Waals surface area (Å²) in [5.74, 6) is -1.13. The summed E-state index contributed by atoms with van der Waals surface area (Å²) in [6.07, 6.45) is 1.41. The zero-order valence-electron chi connectivity index (χ0n) is 8.56. The number of sulfonamides is 1. The maximum absolute atomic E-state index is 11.7. The van der Waals surface area contributed by atoms with Crippen LogP contribution in [0.25, 0.3) is 0 Å². The first-order valence-electron chi connectivity index (χ1n) is 4.32. The van der Waals surface area contributed by atoms with Crippen LogP contribution >= 0.6 is 11.3 Å². The lowest BCUT2D eigenvalue weighted by molar-refractivity contribution is 0.0702. The van der Waals surface area contributed by atoms with Crippen LogP contribution in [0.15, 0.2) is 23.6 Å². The van der Waals surface area contributed by atoms with E-state index in [1.54, 1.807) is 6.92 Å². The van der Waals surface area contributed by atoms with Gasteiger partial charge in [-0.3, -0.25) is 0 Å². The van der Waals surface area contributed by atoms with Gasteiger partial charge in [-0.2, -0.15) is 0 Å². The van der Waals surface area contributed by atoms with Crippen molar-refractivity contribution in [3.8, 4) is 0 Å². The highest BCUT2D eigenvalue weighted by Crippen LogP contribution is 2.25. The number of carbonyl (C=O) groups is 1. The van der Waals surface area contributed by atoms with Gasteiger partial charge in [0.2, 0.25) is 10.0 Å². The van der Waals surface area contributed by atoms with Gasteiger partial charge in [-0.1, -0.05) is 6.08 Å². The second-order valence-corrected chi connectivity index (χ2v) is 5.97. The van der Waals surface area contributed by atoms with Gasteiger partial charge in [-0.05, 0) is 13.0 Å². The van der Waals surface area contributed by atoms with Gasteiger partial charge in [0.1, 0.15) is 4.88 Å². The molecule has 0 aliphatic heterocycles. The third-order valence-electron chi connectivity index (χ3n) is 1.79. The van der Waals surface area contributed by atoms with Gasteiger partial charge in [0.05, 0.1) is 4.90 Å². The molecule has 1 aromatic rings. The van der Waals surface area contributed by atoms with Crippen LogP contribution in [0.1, 0.15) is 14.5 Å². The Bertz CT molecular complexity index is 516. The molecule has 16 heavy (non-hydrogen) atoms. The molecule has 1 aromatic heterocycles. The highest BCUT2D eigenvalue weighted by Gasteiger charge is 2.21. The smallest absolute Gasteiger partial charge is 0.345 e. The predicted molar refractivity (Wildman–Crippen MR) is 61.4 cm³/mol. The van der Waals surface area contributed by atoms with Gasteiger partial charge in [0, 0.05) is 11.4 Å². The zero-order valence-corrected chi connectivity index (χ0v) is 10.2. The number of thiophene rings is 1. The summed E-state index contributed by atoms with van der Waals surface area (Å²) >= 11 is 0.938. The Hall–Kier alpha value is -1.18. The normalized spacial score (nSPS) is 11.3. The maximum atomic E-state index is 11.7. The van der Waals surface area contributed by atoms with Gasteiger partial charge in [-0.25, -0.2) is 17.9 Å². The molecule has 0 saturated carbocycles. The third kappa shape index (κ3) is 2.69. The molecule has 0 atom stereocenters. The number of aryl methyl sites for hydroxylation is 1. The third-order valence-corrected chi connectivity index (χ3v) is 4.51. The molecule has 1 heterocycles. The summed E-state index contributed by atoms with van der Waals surface area (Å²) in [5, 5.41) is 8.74. The first-order valence-corrected chi connectivity index (χ1v) is 6.62. The van der Waals surface area contributed by atoms with E-state index < -0.39 is 16.0 Å². The highest BCUT2D eigenvalue weighted by molar-refractivity contribution is 7.89. The zero-order chi connectivity index (χ0) is 12.3. The molecule has 0 aromatic carbocycles. The highest BCUT2D eigenvalue weighted by atomic mass is 32.2. The van der Waals surface area contributed by atoms with Crippen molar-refractivity contribution in [2.24, 2.45) is 0 Å². The minimum atomic E-state index is -3.64. The van der Waals surface area contributed by atoms with E-state index in [0.717, 1.165) is 17.4 Å². The van der Waals surface area contributed by atoms with Gasteiger partial charge in [0.15, 0.2) is 0 Å². The van der Waals surface area contributed by atoms with E-state index in [0.29, 0.717) is 4.88 Å². The Morgan fingerprint density at radius 2 is 2.31 bits per heavy atom. The van der Waals surface area contributed by atoms with Crippen molar-refractivity contribution in [2.75, 3.05) is 6.54 Å². The molecule has 0 fully saturated rings. The minimum Gasteiger partial charge on any atom is -0.477 e. The molecule has 5 nitrogen and oxygen atoms in total. The summed E-state index contributed by atoms with van der Waals surface area (Å²) in [6, 6.07) is 1.16. The lowest BCUT2D eigenvalue weighted by atomic mass is 10.4. The molecule has 0 spiro atoms. The fraction of sp³-hybridized carbons (Fsp3) is 0.222. The Labute approximate surface area is 97.5 Å². The first-order chi connectivity index (χ1) is 7.38. The standard InChI is InChI=1S/C9H11NO4S2/c1-3-4-10-16(13,14)8-5-7(9(11)12)15-6(8)2/h3,5,10H,1,4H2,2H3,(H,11,12). The largest absolute Gasteiger partial charge is 0.477 e. The first kappa shape index (κ1) is 12.9. The van der Waals surface area contributed by atoms with Crippen LogP contribution in [-0.2, 0) is 10.0 Å². The van der Waals surface area contributed by atoms with Crippen molar-refractivity contribution < 1.29 is 18.3 Å². The molecule has 0 aliphatic rings. The van der Waals surface area contributed by atoms with Crippen molar-refractivity contribution >= 4 is 27.3 Å². The second-order valence-electron chi connectivity index (χ2n) is 2.98. The van der Waals surface area contributed by atoms with Crippen LogP contribution in [0.2, 0.25) is 0 Å². The molecule has 0 amide bonds. The molecular formula is C9H11NO4S2. The Balaban J connectivity index is 3.13. The van der Waals surface area contributed by atoms with Crippen LogP contribution in [0, 0.1) is 6.92 Å². The SMILES string of the molecule is C=CCNS(=O)(=O)c1cc(C(=O)O)sc1C. The average Bonchev–Trinajstić information content (AvgIpc) is 2.58. The number of hydrogen-bond acceptors (Lipinski definition) is 4. The topological polar surface area (TPSA) is 83.5 Å². The van der Waals surface area contributed by atoms with E-state index in [4.69, 9.17) is 5.11 Å².